The van der Waals surface area contributed by atoms with E-state index in [1.807, 2.05) is 0 Å². The number of benzene rings is 12. The molecular weight excluding hydrogens is 1050 g/mol. The molecule has 0 bridgehead atoms. The molecule has 14 aromatic rings. The second kappa shape index (κ2) is 20.8. The number of aromatic nitrogens is 2. The van der Waals surface area contributed by atoms with Crippen molar-refractivity contribution < 1.29 is 0 Å². The molecule has 0 N–H and O–H groups in total. The Morgan fingerprint density at radius 2 is 0.578 bits per heavy atom. The van der Waals surface area contributed by atoms with Crippen LogP contribution >= 0.6 is 22.7 Å². The SMILES string of the molecule is CC1(C)c2cc(N(c3ccc(-c4nc5ccccc5s4)cc3)c3cc(-c4ccccc4)cc(-c4ccccc4)c3)ccc2-c2ccc(N(c3ccc(-c4nc5ccccc5s4)cc3)c3cc(-c4ccccc4)cc(-c4ccccc4)c3)cc21. The Kier molecular flexibility index (Phi) is 12.6. The molecule has 15 rings (SSSR count). The van der Waals surface area contributed by atoms with Crippen molar-refractivity contribution in [2.24, 2.45) is 0 Å². The van der Waals surface area contributed by atoms with Gasteiger partial charge in [-0.1, -0.05) is 172 Å². The van der Waals surface area contributed by atoms with Gasteiger partial charge in [0.2, 0.25) is 0 Å². The molecule has 0 aliphatic heterocycles. The Balaban J connectivity index is 0.867. The molecule has 0 fully saturated rings. The molecule has 0 spiro atoms. The normalized spacial score (nSPS) is 12.3. The maximum absolute atomic E-state index is 5.04. The van der Waals surface area contributed by atoms with E-state index in [-0.39, 0.29) is 5.41 Å². The quantitative estimate of drug-likeness (QED) is 0.122. The van der Waals surface area contributed by atoms with Crippen LogP contribution in [0, 0.1) is 0 Å². The molecular formula is C77H54N4S2. The van der Waals surface area contributed by atoms with Crippen molar-refractivity contribution in [3.05, 3.63) is 302 Å². The fraction of sp³-hybridized carbons (Fsp3) is 0.0390. The Labute approximate surface area is 492 Å². The van der Waals surface area contributed by atoms with Crippen LogP contribution in [0.4, 0.5) is 34.1 Å². The molecule has 1 aliphatic carbocycles. The summed E-state index contributed by atoms with van der Waals surface area (Å²) < 4.78 is 2.37. The van der Waals surface area contributed by atoms with Crippen molar-refractivity contribution in [2.75, 3.05) is 9.80 Å². The summed E-state index contributed by atoms with van der Waals surface area (Å²) in [6.45, 7) is 4.79. The number of fused-ring (bicyclic) bond motifs is 5. The molecule has 12 aromatic carbocycles. The maximum atomic E-state index is 5.04. The molecule has 2 heterocycles. The van der Waals surface area contributed by atoms with Gasteiger partial charge >= 0.3 is 0 Å². The van der Waals surface area contributed by atoms with Crippen LogP contribution < -0.4 is 9.80 Å². The average Bonchev–Trinajstić information content (AvgIpc) is 4.07. The van der Waals surface area contributed by atoms with Gasteiger partial charge in [0.15, 0.2) is 0 Å². The summed E-state index contributed by atoms with van der Waals surface area (Å²) in [6.07, 6.45) is 0. The first-order chi connectivity index (χ1) is 40.8. The number of hydrogen-bond acceptors (Lipinski definition) is 6. The smallest absolute Gasteiger partial charge is 0.124 e. The van der Waals surface area contributed by atoms with E-state index in [1.54, 1.807) is 22.7 Å². The molecule has 4 nitrogen and oxygen atoms in total. The van der Waals surface area contributed by atoms with Crippen LogP contribution in [0.2, 0.25) is 0 Å². The van der Waals surface area contributed by atoms with Gasteiger partial charge in [0, 0.05) is 50.7 Å². The Bertz CT molecular complexity index is 4200. The number of thiazole rings is 2. The summed E-state index contributed by atoms with van der Waals surface area (Å²) in [5, 5.41) is 2.03. The van der Waals surface area contributed by atoms with E-state index in [2.05, 4.69) is 315 Å². The standard InChI is InChI=1S/C77H54N4S2/c1-77(2)69-49-63(80(61-35-31-55(32-36-61)75-78-71-27-15-17-29-73(71)82-75)65-45-57(51-19-7-3-8-20-51)43-58(46-65)52-21-9-4-10-22-52)39-41-67(69)68-42-40-64(50-70(68)77)81(62-37-33-56(34-38-62)76-79-72-28-16-18-30-74(72)83-76)66-47-59(53-23-11-5-12-24-53)44-60(48-66)54-25-13-6-14-26-54/h3-50H,1-2H3. The van der Waals surface area contributed by atoms with E-state index in [0.29, 0.717) is 0 Å². The summed E-state index contributed by atoms with van der Waals surface area (Å²) in [5.74, 6) is 0. The summed E-state index contributed by atoms with van der Waals surface area (Å²) in [6, 6.07) is 106. The first kappa shape index (κ1) is 50.0. The number of rotatable bonds is 12. The van der Waals surface area contributed by atoms with Crippen LogP contribution in [0.1, 0.15) is 25.0 Å². The van der Waals surface area contributed by atoms with Gasteiger partial charge < -0.3 is 9.80 Å². The zero-order valence-corrected chi connectivity index (χ0v) is 47.5. The number of anilines is 6. The van der Waals surface area contributed by atoms with E-state index in [0.717, 1.165) is 88.6 Å². The second-order valence-electron chi connectivity index (χ2n) is 21.8. The zero-order valence-electron chi connectivity index (χ0n) is 45.8. The lowest BCUT2D eigenvalue weighted by molar-refractivity contribution is 0.660. The molecule has 1 aliphatic rings. The van der Waals surface area contributed by atoms with Crippen molar-refractivity contribution in [2.45, 2.75) is 19.3 Å². The fourth-order valence-corrected chi connectivity index (χ4v) is 14.0. The highest BCUT2D eigenvalue weighted by atomic mass is 32.1. The van der Waals surface area contributed by atoms with Crippen LogP contribution in [0.25, 0.3) is 97.2 Å². The van der Waals surface area contributed by atoms with Gasteiger partial charge in [-0.25, -0.2) is 9.97 Å². The third-order valence-corrected chi connectivity index (χ3v) is 18.4. The van der Waals surface area contributed by atoms with Gasteiger partial charge in [-0.05, 0) is 200 Å². The van der Waals surface area contributed by atoms with E-state index in [9.17, 15) is 0 Å². The molecule has 0 saturated carbocycles. The maximum Gasteiger partial charge on any atom is 0.124 e. The predicted molar refractivity (Wildman–Crippen MR) is 352 cm³/mol. The number of para-hydroxylation sites is 2. The monoisotopic (exact) mass is 1100 g/mol. The predicted octanol–water partition coefficient (Wildman–Crippen LogP) is 22.2. The Morgan fingerprint density at radius 3 is 0.916 bits per heavy atom. The van der Waals surface area contributed by atoms with Crippen molar-refractivity contribution in [1.82, 2.24) is 9.97 Å². The lowest BCUT2D eigenvalue weighted by Gasteiger charge is -2.30. The summed E-state index contributed by atoms with van der Waals surface area (Å²) in [4.78, 5) is 15.0. The second-order valence-corrected chi connectivity index (χ2v) is 23.9. The van der Waals surface area contributed by atoms with Crippen LogP contribution in [0.3, 0.4) is 0 Å². The summed E-state index contributed by atoms with van der Waals surface area (Å²) >= 11 is 3.47. The zero-order chi connectivity index (χ0) is 55.4. The minimum absolute atomic E-state index is 0.371. The topological polar surface area (TPSA) is 32.3 Å². The third kappa shape index (κ3) is 9.38. The minimum atomic E-state index is -0.371. The van der Waals surface area contributed by atoms with E-state index in [1.165, 1.54) is 53.9 Å². The van der Waals surface area contributed by atoms with Crippen LogP contribution in [0.15, 0.2) is 291 Å². The minimum Gasteiger partial charge on any atom is -0.310 e. The first-order valence-electron chi connectivity index (χ1n) is 28.2. The van der Waals surface area contributed by atoms with Gasteiger partial charge in [0.1, 0.15) is 10.0 Å². The van der Waals surface area contributed by atoms with E-state index in [4.69, 9.17) is 9.97 Å². The highest BCUT2D eigenvalue weighted by molar-refractivity contribution is 7.22. The highest BCUT2D eigenvalue weighted by Gasteiger charge is 2.37. The molecule has 0 radical (unpaired) electrons. The lowest BCUT2D eigenvalue weighted by Crippen LogP contribution is -2.18. The van der Waals surface area contributed by atoms with Crippen LogP contribution in [-0.2, 0) is 5.41 Å². The summed E-state index contributed by atoms with van der Waals surface area (Å²) in [7, 11) is 0. The van der Waals surface area contributed by atoms with Gasteiger partial charge in [-0.2, -0.15) is 0 Å². The molecule has 0 atom stereocenters. The lowest BCUT2D eigenvalue weighted by atomic mass is 9.82. The molecule has 0 saturated heterocycles. The Hall–Kier alpha value is -9.98. The highest BCUT2D eigenvalue weighted by Crippen LogP contribution is 2.53. The van der Waals surface area contributed by atoms with Crippen LogP contribution in [-0.4, -0.2) is 9.97 Å². The van der Waals surface area contributed by atoms with Gasteiger partial charge in [0.05, 0.1) is 20.4 Å². The van der Waals surface area contributed by atoms with Crippen molar-refractivity contribution in [3.8, 4) is 76.8 Å². The van der Waals surface area contributed by atoms with E-state index < -0.39 is 0 Å². The van der Waals surface area contributed by atoms with Crippen LogP contribution in [0.5, 0.6) is 0 Å². The van der Waals surface area contributed by atoms with Crippen molar-refractivity contribution in [1.29, 1.82) is 0 Å². The Morgan fingerprint density at radius 1 is 0.265 bits per heavy atom. The number of nitrogens with zero attached hydrogens (tertiary/aromatic N) is 4. The fourth-order valence-electron chi connectivity index (χ4n) is 12.1. The number of hydrogen-bond donors (Lipinski definition) is 0. The molecule has 2 aromatic heterocycles. The van der Waals surface area contributed by atoms with Gasteiger partial charge in [0.25, 0.3) is 0 Å². The largest absolute Gasteiger partial charge is 0.310 e. The molecule has 0 unspecified atom stereocenters. The van der Waals surface area contributed by atoms with E-state index >= 15 is 0 Å². The first-order valence-corrected chi connectivity index (χ1v) is 29.8. The molecule has 83 heavy (non-hydrogen) atoms. The average molecular weight is 1100 g/mol. The molecule has 0 amide bonds. The summed E-state index contributed by atoms with van der Waals surface area (Å²) in [5.41, 5.74) is 24.7. The molecule has 394 valence electrons. The van der Waals surface area contributed by atoms with Crippen molar-refractivity contribution >= 4 is 77.2 Å². The van der Waals surface area contributed by atoms with Gasteiger partial charge in [-0.15, -0.1) is 22.7 Å². The molecule has 6 heteroatoms. The van der Waals surface area contributed by atoms with Crippen molar-refractivity contribution in [3.63, 3.8) is 0 Å². The third-order valence-electron chi connectivity index (χ3n) is 16.3. The van der Waals surface area contributed by atoms with Gasteiger partial charge in [-0.3, -0.25) is 0 Å².